The molecule has 0 saturated carbocycles. The first-order chi connectivity index (χ1) is 18.0. The van der Waals surface area contributed by atoms with Gasteiger partial charge in [-0.1, -0.05) is 72.8 Å². The van der Waals surface area contributed by atoms with Crippen molar-refractivity contribution in [3.05, 3.63) is 124 Å². The number of carbonyl (C=O) groups is 1. The first-order valence-electron chi connectivity index (χ1n) is 11.8. The van der Waals surface area contributed by atoms with Crippen LogP contribution in [0, 0.1) is 0 Å². The van der Waals surface area contributed by atoms with Gasteiger partial charge in [-0.3, -0.25) is 4.79 Å². The second kappa shape index (κ2) is 12.3. The summed E-state index contributed by atoms with van der Waals surface area (Å²) >= 11 is 3.62. The van der Waals surface area contributed by atoms with Crippen LogP contribution in [0.25, 0.3) is 11.3 Å². The Morgan fingerprint density at radius 1 is 0.784 bits per heavy atom. The van der Waals surface area contributed by atoms with Gasteiger partial charge in [0.15, 0.2) is 5.78 Å². The number of allylic oxidation sites excluding steroid dienone is 1. The molecule has 0 amide bonds. The van der Waals surface area contributed by atoms with E-state index in [0.29, 0.717) is 57.3 Å². The molecule has 4 aromatic rings. The number of Topliss-reactive ketones (excluding diaryl/α,β-unsaturated/α-hetero) is 1. The van der Waals surface area contributed by atoms with Crippen LogP contribution >= 0.6 is 15.9 Å². The average molecular weight is 558 g/mol. The van der Waals surface area contributed by atoms with Gasteiger partial charge < -0.3 is 19.9 Å². The maximum Gasteiger partial charge on any atom is 0.162 e. The molecule has 0 spiro atoms. The molecule has 188 valence electrons. The minimum absolute atomic E-state index is 0.155. The van der Waals surface area contributed by atoms with Crippen molar-refractivity contribution in [3.63, 3.8) is 0 Å². The van der Waals surface area contributed by atoms with Gasteiger partial charge in [-0.25, -0.2) is 0 Å². The zero-order valence-corrected chi connectivity index (χ0v) is 22.3. The molecule has 0 aromatic heterocycles. The van der Waals surface area contributed by atoms with Crippen molar-refractivity contribution in [3.8, 4) is 17.2 Å². The summed E-state index contributed by atoms with van der Waals surface area (Å²) in [6.45, 7) is 2.23. The summed E-state index contributed by atoms with van der Waals surface area (Å²) in [4.78, 5) is 12.8. The maximum absolute atomic E-state index is 12.8. The molecule has 0 aliphatic heterocycles. The molecule has 0 heterocycles. The lowest BCUT2D eigenvalue weighted by atomic mass is 9.96. The molecule has 2 N–H and O–H groups in total. The van der Waals surface area contributed by atoms with Crippen molar-refractivity contribution in [1.29, 1.82) is 0 Å². The van der Waals surface area contributed by atoms with E-state index in [1.165, 1.54) is 6.92 Å². The van der Waals surface area contributed by atoms with Crippen LogP contribution < -0.4 is 19.9 Å². The predicted molar refractivity (Wildman–Crippen MR) is 150 cm³/mol. The molecule has 6 heteroatoms. The van der Waals surface area contributed by atoms with E-state index in [2.05, 4.69) is 15.9 Å². The van der Waals surface area contributed by atoms with Crippen LogP contribution in [0.4, 0.5) is 0 Å². The Balaban J connectivity index is 1.75. The van der Waals surface area contributed by atoms with Gasteiger partial charge in [0.25, 0.3) is 0 Å². The molecule has 0 unspecified atom stereocenters. The molecule has 4 aromatic carbocycles. The molecule has 0 radical (unpaired) electrons. The molecule has 0 saturated heterocycles. The standard InChI is InChI=1S/C31H28BrNO4/c1-21(34)30(24-13-15-25(35-2)16-14-24)31(33)26-17-27(32)29(37-20-23-11-7-4-8-12-23)18-28(26)36-19-22-9-5-3-6-10-22/h3-18H,19-20,33H2,1-2H3. The van der Waals surface area contributed by atoms with Gasteiger partial charge in [-0.05, 0) is 57.7 Å². The fraction of sp³-hybridized carbons (Fsp3) is 0.129. The zero-order chi connectivity index (χ0) is 26.2. The number of nitrogens with two attached hydrogens (primary N) is 1. The summed E-state index contributed by atoms with van der Waals surface area (Å²) < 4.78 is 18.3. The average Bonchev–Trinajstić information content (AvgIpc) is 2.93. The molecule has 5 nitrogen and oxygen atoms in total. The molecule has 0 bridgehead atoms. The van der Waals surface area contributed by atoms with E-state index >= 15 is 0 Å². The first kappa shape index (κ1) is 26.0. The van der Waals surface area contributed by atoms with Crippen molar-refractivity contribution in [2.45, 2.75) is 20.1 Å². The number of benzene rings is 4. The molecule has 0 aliphatic rings. The highest BCUT2D eigenvalue weighted by atomic mass is 79.9. The minimum atomic E-state index is -0.155. The molecule has 0 fully saturated rings. The lowest BCUT2D eigenvalue weighted by Gasteiger charge is -2.18. The summed E-state index contributed by atoms with van der Waals surface area (Å²) in [5, 5.41) is 0. The third-order valence-electron chi connectivity index (χ3n) is 5.80. The number of hydrogen-bond acceptors (Lipinski definition) is 5. The monoisotopic (exact) mass is 557 g/mol. The van der Waals surface area contributed by atoms with Gasteiger partial charge >= 0.3 is 0 Å². The Morgan fingerprint density at radius 3 is 1.84 bits per heavy atom. The Labute approximate surface area is 225 Å². The van der Waals surface area contributed by atoms with E-state index < -0.39 is 0 Å². The van der Waals surface area contributed by atoms with Crippen LogP contribution in [-0.4, -0.2) is 12.9 Å². The minimum Gasteiger partial charge on any atom is -0.497 e. The molecule has 0 atom stereocenters. The molecule has 0 aliphatic carbocycles. The zero-order valence-electron chi connectivity index (χ0n) is 20.7. The second-order valence-corrected chi connectivity index (χ2v) is 9.26. The van der Waals surface area contributed by atoms with Crippen LogP contribution in [-0.2, 0) is 18.0 Å². The van der Waals surface area contributed by atoms with Crippen molar-refractivity contribution < 1.29 is 19.0 Å². The van der Waals surface area contributed by atoms with Crippen molar-refractivity contribution in [1.82, 2.24) is 0 Å². The number of hydrogen-bond donors (Lipinski definition) is 1. The SMILES string of the molecule is COc1ccc(C(C(C)=O)=C(N)c2cc(Br)c(OCc3ccccc3)cc2OCc2ccccc2)cc1. The Bertz CT molecular complexity index is 1380. The highest BCUT2D eigenvalue weighted by molar-refractivity contribution is 9.10. The third-order valence-corrected chi connectivity index (χ3v) is 6.42. The smallest absolute Gasteiger partial charge is 0.162 e. The summed E-state index contributed by atoms with van der Waals surface area (Å²) in [6, 6.07) is 30.7. The van der Waals surface area contributed by atoms with E-state index in [0.717, 1.165) is 11.1 Å². The van der Waals surface area contributed by atoms with E-state index in [1.54, 1.807) is 19.2 Å². The van der Waals surface area contributed by atoms with Gasteiger partial charge in [0.1, 0.15) is 30.5 Å². The Hall–Kier alpha value is -4.03. The van der Waals surface area contributed by atoms with E-state index in [9.17, 15) is 4.79 Å². The number of rotatable bonds is 10. The van der Waals surface area contributed by atoms with Gasteiger partial charge in [-0.2, -0.15) is 0 Å². The summed E-state index contributed by atoms with van der Waals surface area (Å²) in [5.74, 6) is 1.66. The highest BCUT2D eigenvalue weighted by Crippen LogP contribution is 2.38. The fourth-order valence-electron chi connectivity index (χ4n) is 3.89. The van der Waals surface area contributed by atoms with Gasteiger partial charge in [0.2, 0.25) is 0 Å². The van der Waals surface area contributed by atoms with E-state index in [1.807, 2.05) is 84.9 Å². The van der Waals surface area contributed by atoms with Gasteiger partial charge in [0.05, 0.1) is 17.3 Å². The summed E-state index contributed by atoms with van der Waals surface area (Å²) in [7, 11) is 1.60. The molecular formula is C31H28BrNO4. The van der Waals surface area contributed by atoms with Crippen LogP contribution in [0.1, 0.15) is 29.2 Å². The van der Waals surface area contributed by atoms with Gasteiger partial charge in [-0.15, -0.1) is 0 Å². The quantitative estimate of drug-likeness (QED) is 0.167. The van der Waals surface area contributed by atoms with Crippen LogP contribution in [0.2, 0.25) is 0 Å². The number of methoxy groups -OCH3 is 1. The normalized spacial score (nSPS) is 11.4. The summed E-state index contributed by atoms with van der Waals surface area (Å²) in [5.41, 5.74) is 10.7. The van der Waals surface area contributed by atoms with Crippen LogP contribution in [0.15, 0.2) is 102 Å². The maximum atomic E-state index is 12.8. The predicted octanol–water partition coefficient (Wildman–Crippen LogP) is 7.03. The van der Waals surface area contributed by atoms with Gasteiger partial charge in [0, 0.05) is 17.2 Å². The van der Waals surface area contributed by atoms with Crippen molar-refractivity contribution >= 4 is 33.0 Å². The number of halogens is 1. The summed E-state index contributed by atoms with van der Waals surface area (Å²) in [6.07, 6.45) is 0. The van der Waals surface area contributed by atoms with Crippen molar-refractivity contribution in [2.24, 2.45) is 5.73 Å². The van der Waals surface area contributed by atoms with Crippen LogP contribution in [0.3, 0.4) is 0 Å². The largest absolute Gasteiger partial charge is 0.497 e. The lowest BCUT2D eigenvalue weighted by Crippen LogP contribution is -2.10. The van der Waals surface area contributed by atoms with E-state index in [-0.39, 0.29) is 5.78 Å². The fourth-order valence-corrected chi connectivity index (χ4v) is 4.34. The highest BCUT2D eigenvalue weighted by Gasteiger charge is 2.20. The number of ether oxygens (including phenoxy) is 3. The first-order valence-corrected chi connectivity index (χ1v) is 12.6. The van der Waals surface area contributed by atoms with Crippen molar-refractivity contribution in [2.75, 3.05) is 7.11 Å². The second-order valence-electron chi connectivity index (χ2n) is 8.40. The lowest BCUT2D eigenvalue weighted by molar-refractivity contribution is -0.111. The molecule has 4 rings (SSSR count). The van der Waals surface area contributed by atoms with E-state index in [4.69, 9.17) is 19.9 Å². The molecular weight excluding hydrogens is 530 g/mol. The molecule has 37 heavy (non-hydrogen) atoms. The number of ketones is 1. The van der Waals surface area contributed by atoms with Crippen LogP contribution in [0.5, 0.6) is 17.2 Å². The Morgan fingerprint density at radius 2 is 1.32 bits per heavy atom. The number of carbonyl (C=O) groups excluding carboxylic acids is 1. The third kappa shape index (κ3) is 6.60. The Kier molecular flexibility index (Phi) is 8.64. The topological polar surface area (TPSA) is 70.8 Å².